The Balaban J connectivity index is 1.77. The molecule has 0 saturated carbocycles. The lowest BCUT2D eigenvalue weighted by Gasteiger charge is -2.11. The molecule has 1 atom stereocenters. The van der Waals surface area contributed by atoms with E-state index in [1.165, 1.54) is 4.70 Å². The van der Waals surface area contributed by atoms with E-state index in [1.807, 2.05) is 48.1 Å². The van der Waals surface area contributed by atoms with E-state index in [-0.39, 0.29) is 5.92 Å². The fourth-order valence-electron chi connectivity index (χ4n) is 2.94. The normalized spacial score (nSPS) is 12.6. The largest absolute Gasteiger partial charge is 0.329 e. The maximum absolute atomic E-state index is 6.10. The summed E-state index contributed by atoms with van der Waals surface area (Å²) in [7, 11) is 1.97. The van der Waals surface area contributed by atoms with Crippen LogP contribution in [0.1, 0.15) is 16.6 Å². The Morgan fingerprint density at radius 3 is 2.58 bits per heavy atom. The van der Waals surface area contributed by atoms with Crippen molar-refractivity contribution in [2.75, 3.05) is 6.54 Å². The van der Waals surface area contributed by atoms with Crippen LogP contribution in [0.5, 0.6) is 0 Å². The van der Waals surface area contributed by atoms with E-state index in [0.717, 1.165) is 27.5 Å². The van der Waals surface area contributed by atoms with Gasteiger partial charge in [0.15, 0.2) is 0 Å². The minimum atomic E-state index is 0.0531. The number of hydrogen-bond acceptors (Lipinski definition) is 4. The quantitative estimate of drug-likeness (QED) is 0.618. The molecule has 2 N–H and O–H groups in total. The van der Waals surface area contributed by atoms with Gasteiger partial charge in [-0.1, -0.05) is 42.5 Å². The zero-order valence-corrected chi connectivity index (χ0v) is 14.2. The molecule has 4 aromatic rings. The fraction of sp³-hybridized carbons (Fsp3) is 0.158. The van der Waals surface area contributed by atoms with Crippen LogP contribution in [0.3, 0.4) is 0 Å². The Morgan fingerprint density at radius 1 is 1.08 bits per heavy atom. The summed E-state index contributed by atoms with van der Waals surface area (Å²) in [5, 5.41) is 5.71. The highest BCUT2D eigenvalue weighted by molar-refractivity contribution is 7.18. The first-order valence-electron chi connectivity index (χ1n) is 7.91. The molecule has 0 fully saturated rings. The van der Waals surface area contributed by atoms with E-state index in [1.54, 1.807) is 11.3 Å². The van der Waals surface area contributed by atoms with Crippen LogP contribution in [0.15, 0.2) is 60.7 Å². The molecule has 120 valence electrons. The van der Waals surface area contributed by atoms with Crippen LogP contribution in [0.2, 0.25) is 0 Å². The second-order valence-electron chi connectivity index (χ2n) is 5.75. The van der Waals surface area contributed by atoms with Gasteiger partial charge in [-0.2, -0.15) is 5.10 Å². The van der Waals surface area contributed by atoms with Gasteiger partial charge in [0.25, 0.3) is 0 Å². The standard InChI is InChI=1S/C19H18N4S/c1-23-17(11-16(22-23)13-7-3-2-4-8-13)14(12-20)19-21-15-9-5-6-10-18(15)24-19/h2-11,14H,12,20H2,1H3. The first-order valence-corrected chi connectivity index (χ1v) is 8.73. The Kier molecular flexibility index (Phi) is 3.88. The third-order valence-corrected chi connectivity index (χ3v) is 5.34. The molecule has 1 unspecified atom stereocenters. The van der Waals surface area contributed by atoms with Gasteiger partial charge in [-0.25, -0.2) is 4.98 Å². The van der Waals surface area contributed by atoms with Gasteiger partial charge >= 0.3 is 0 Å². The SMILES string of the molecule is Cn1nc(-c2ccccc2)cc1C(CN)c1nc2ccccc2s1. The van der Waals surface area contributed by atoms with Gasteiger partial charge in [0, 0.05) is 24.8 Å². The van der Waals surface area contributed by atoms with E-state index in [0.29, 0.717) is 6.54 Å². The summed E-state index contributed by atoms with van der Waals surface area (Å²) in [6.45, 7) is 0.508. The Labute approximate surface area is 144 Å². The lowest BCUT2D eigenvalue weighted by molar-refractivity contribution is 0.663. The number of nitrogens with zero attached hydrogens (tertiary/aromatic N) is 3. The molecule has 2 heterocycles. The van der Waals surface area contributed by atoms with Crippen molar-refractivity contribution in [2.45, 2.75) is 5.92 Å². The number of thiazole rings is 1. The highest BCUT2D eigenvalue weighted by Gasteiger charge is 2.21. The maximum Gasteiger partial charge on any atom is 0.104 e. The molecule has 0 aliphatic carbocycles. The summed E-state index contributed by atoms with van der Waals surface area (Å²) in [6.07, 6.45) is 0. The van der Waals surface area contributed by atoms with Gasteiger partial charge < -0.3 is 5.73 Å². The molecular weight excluding hydrogens is 316 g/mol. The molecule has 0 spiro atoms. The van der Waals surface area contributed by atoms with Gasteiger partial charge in [0.05, 0.1) is 21.8 Å². The van der Waals surface area contributed by atoms with Crippen molar-refractivity contribution in [3.05, 3.63) is 71.4 Å². The Morgan fingerprint density at radius 2 is 1.83 bits per heavy atom. The zero-order valence-electron chi connectivity index (χ0n) is 13.4. The van der Waals surface area contributed by atoms with Crippen molar-refractivity contribution >= 4 is 21.6 Å². The van der Waals surface area contributed by atoms with Crippen molar-refractivity contribution in [2.24, 2.45) is 12.8 Å². The molecule has 4 rings (SSSR count). The van der Waals surface area contributed by atoms with Crippen LogP contribution in [0.25, 0.3) is 21.5 Å². The highest BCUT2D eigenvalue weighted by atomic mass is 32.1. The summed E-state index contributed by atoms with van der Waals surface area (Å²) < 4.78 is 3.11. The molecule has 5 heteroatoms. The van der Waals surface area contributed by atoms with Crippen molar-refractivity contribution in [3.8, 4) is 11.3 Å². The number of hydrogen-bond donors (Lipinski definition) is 1. The van der Waals surface area contributed by atoms with Crippen LogP contribution in [0.4, 0.5) is 0 Å². The lowest BCUT2D eigenvalue weighted by atomic mass is 10.0. The van der Waals surface area contributed by atoms with Gasteiger partial charge in [0.2, 0.25) is 0 Å². The van der Waals surface area contributed by atoms with Gasteiger partial charge in [-0.05, 0) is 18.2 Å². The number of fused-ring (bicyclic) bond motifs is 1. The molecule has 24 heavy (non-hydrogen) atoms. The van der Waals surface area contributed by atoms with E-state index in [9.17, 15) is 0 Å². The summed E-state index contributed by atoms with van der Waals surface area (Å²) in [4.78, 5) is 4.78. The number of para-hydroxylation sites is 1. The minimum absolute atomic E-state index is 0.0531. The predicted octanol–water partition coefficient (Wildman–Crippen LogP) is 3.79. The van der Waals surface area contributed by atoms with Crippen LogP contribution >= 0.6 is 11.3 Å². The van der Waals surface area contributed by atoms with Crippen LogP contribution in [-0.2, 0) is 7.05 Å². The number of rotatable bonds is 4. The Bertz CT molecular complexity index is 938. The average Bonchev–Trinajstić information content (AvgIpc) is 3.21. The van der Waals surface area contributed by atoms with Gasteiger partial charge in [0.1, 0.15) is 5.01 Å². The highest BCUT2D eigenvalue weighted by Crippen LogP contribution is 2.32. The van der Waals surface area contributed by atoms with E-state index in [4.69, 9.17) is 10.7 Å². The number of nitrogens with two attached hydrogens (primary N) is 1. The summed E-state index contributed by atoms with van der Waals surface area (Å²) >= 11 is 1.71. The molecule has 0 bridgehead atoms. The monoisotopic (exact) mass is 334 g/mol. The third kappa shape index (κ3) is 2.62. The summed E-state index contributed by atoms with van der Waals surface area (Å²) in [5.41, 5.74) is 10.3. The molecule has 4 nitrogen and oxygen atoms in total. The fourth-order valence-corrected chi connectivity index (χ4v) is 4.04. The van der Waals surface area contributed by atoms with Crippen molar-refractivity contribution in [1.29, 1.82) is 0 Å². The maximum atomic E-state index is 6.10. The van der Waals surface area contributed by atoms with Crippen LogP contribution < -0.4 is 5.73 Å². The molecule has 0 aliphatic rings. The third-order valence-electron chi connectivity index (χ3n) is 4.19. The van der Waals surface area contributed by atoms with Gasteiger partial charge in [-0.15, -0.1) is 11.3 Å². The molecule has 0 radical (unpaired) electrons. The molecular formula is C19H18N4S. The molecule has 0 amide bonds. The van der Waals surface area contributed by atoms with E-state index < -0.39 is 0 Å². The van der Waals surface area contributed by atoms with Gasteiger partial charge in [-0.3, -0.25) is 4.68 Å². The molecule has 2 aromatic carbocycles. The van der Waals surface area contributed by atoms with Crippen molar-refractivity contribution < 1.29 is 0 Å². The van der Waals surface area contributed by atoms with Crippen molar-refractivity contribution in [1.82, 2.24) is 14.8 Å². The minimum Gasteiger partial charge on any atom is -0.329 e. The number of benzene rings is 2. The lowest BCUT2D eigenvalue weighted by Crippen LogP contribution is -2.16. The second-order valence-corrected chi connectivity index (χ2v) is 6.81. The van der Waals surface area contributed by atoms with E-state index in [2.05, 4.69) is 29.4 Å². The Hall–Kier alpha value is -2.50. The topological polar surface area (TPSA) is 56.7 Å². The number of aryl methyl sites for hydroxylation is 1. The second kappa shape index (κ2) is 6.19. The summed E-state index contributed by atoms with van der Waals surface area (Å²) in [5.74, 6) is 0.0531. The van der Waals surface area contributed by atoms with Crippen molar-refractivity contribution in [3.63, 3.8) is 0 Å². The first-order chi connectivity index (χ1) is 11.8. The predicted molar refractivity (Wildman–Crippen MR) is 99.2 cm³/mol. The summed E-state index contributed by atoms with van der Waals surface area (Å²) in [6, 6.07) is 20.5. The molecule has 0 saturated heterocycles. The van der Waals surface area contributed by atoms with Crippen LogP contribution in [-0.4, -0.2) is 21.3 Å². The molecule has 0 aliphatic heterocycles. The zero-order chi connectivity index (χ0) is 16.5. The van der Waals surface area contributed by atoms with Crippen LogP contribution in [0, 0.1) is 0 Å². The van der Waals surface area contributed by atoms with E-state index >= 15 is 0 Å². The number of aromatic nitrogens is 3. The average molecular weight is 334 g/mol. The first kappa shape index (κ1) is 15.1. The smallest absolute Gasteiger partial charge is 0.104 e. The molecule has 2 aromatic heterocycles.